The van der Waals surface area contributed by atoms with Crippen molar-refractivity contribution in [3.63, 3.8) is 0 Å². The zero-order chi connectivity index (χ0) is 25.5. The third kappa shape index (κ3) is 4.58. The van der Waals surface area contributed by atoms with Gasteiger partial charge in [-0.15, -0.1) is 0 Å². The van der Waals surface area contributed by atoms with Crippen molar-refractivity contribution in [2.75, 3.05) is 6.61 Å². The first kappa shape index (κ1) is 24.0. The number of nitrogens with one attached hydrogen (secondary N) is 1. The molecule has 4 bridgehead atoms. The van der Waals surface area contributed by atoms with Crippen LogP contribution >= 0.6 is 0 Å². The molecule has 1 amide bonds. The number of rotatable bonds is 7. The highest BCUT2D eigenvalue weighted by Gasteiger charge is 2.61. The zero-order valence-corrected chi connectivity index (χ0v) is 21.5. The second kappa shape index (κ2) is 9.48. The highest BCUT2D eigenvalue weighted by Crippen LogP contribution is 2.66. The lowest BCUT2D eigenvalue weighted by Crippen LogP contribution is -2.57. The van der Waals surface area contributed by atoms with Crippen LogP contribution in [0.3, 0.4) is 0 Å². The summed E-state index contributed by atoms with van der Waals surface area (Å²) in [5, 5.41) is 3.10. The molecule has 4 fully saturated rings. The summed E-state index contributed by atoms with van der Waals surface area (Å²) in [7, 11) is 0. The van der Waals surface area contributed by atoms with Gasteiger partial charge in [0.15, 0.2) is 6.61 Å². The molecule has 4 aliphatic rings. The lowest BCUT2D eigenvalue weighted by Gasteiger charge is -2.61. The molecule has 0 aliphatic heterocycles. The molecule has 3 aromatic carbocycles. The third-order valence-corrected chi connectivity index (χ3v) is 9.06. The van der Waals surface area contributed by atoms with E-state index >= 15 is 0 Å². The Bertz CT molecular complexity index is 1210. The predicted molar refractivity (Wildman–Crippen MR) is 144 cm³/mol. The van der Waals surface area contributed by atoms with Gasteiger partial charge in [-0.25, -0.2) is 0 Å². The summed E-state index contributed by atoms with van der Waals surface area (Å²) in [4.78, 5) is 26.7. The van der Waals surface area contributed by atoms with Crippen LogP contribution in [0.15, 0.2) is 84.9 Å². The smallest absolute Gasteiger partial charge is 0.312 e. The number of carbonyl (C=O) groups excluding carboxylic acids is 2. The fourth-order valence-corrected chi connectivity index (χ4v) is 7.88. The molecule has 0 aromatic heterocycles. The summed E-state index contributed by atoms with van der Waals surface area (Å²) >= 11 is 0. The molecule has 4 atom stereocenters. The standard InChI is InChI=1S/C33H35NO3/c1-23-12-14-28(15-13-23)32-17-24-16-25(18-32)20-33(19-24,22-32)31(36)37-21-29(35)34-30(26-8-4-2-5-9-26)27-10-6-3-7-11-27/h2-15,24-25,30H,16-22H2,1H3,(H,34,35)/t24-,25+,32?,33?. The van der Waals surface area contributed by atoms with Crippen LogP contribution in [0.4, 0.5) is 0 Å². The minimum Gasteiger partial charge on any atom is -0.455 e. The summed E-state index contributed by atoms with van der Waals surface area (Å²) in [6, 6.07) is 28.4. The van der Waals surface area contributed by atoms with E-state index in [0.29, 0.717) is 11.8 Å². The van der Waals surface area contributed by atoms with Gasteiger partial charge in [0.05, 0.1) is 11.5 Å². The quantitative estimate of drug-likeness (QED) is 0.394. The van der Waals surface area contributed by atoms with Gasteiger partial charge in [-0.1, -0.05) is 90.5 Å². The molecule has 2 unspecified atom stereocenters. The van der Waals surface area contributed by atoms with Crippen LogP contribution in [-0.4, -0.2) is 18.5 Å². The van der Waals surface area contributed by atoms with Crippen LogP contribution in [0.25, 0.3) is 0 Å². The largest absolute Gasteiger partial charge is 0.455 e. The van der Waals surface area contributed by atoms with E-state index in [1.807, 2.05) is 60.7 Å². The van der Waals surface area contributed by atoms with E-state index in [2.05, 4.69) is 36.5 Å². The molecule has 0 radical (unpaired) electrons. The molecule has 7 rings (SSSR count). The Hall–Kier alpha value is -3.40. The normalized spacial score (nSPS) is 27.7. The van der Waals surface area contributed by atoms with Gasteiger partial charge in [0.25, 0.3) is 5.91 Å². The van der Waals surface area contributed by atoms with Gasteiger partial charge >= 0.3 is 5.97 Å². The topological polar surface area (TPSA) is 55.4 Å². The Kier molecular flexibility index (Phi) is 6.14. The van der Waals surface area contributed by atoms with Crippen LogP contribution in [0.1, 0.15) is 66.8 Å². The maximum absolute atomic E-state index is 13.7. The summed E-state index contributed by atoms with van der Waals surface area (Å²) in [5.41, 5.74) is 4.22. The Balaban J connectivity index is 1.16. The number of esters is 1. The van der Waals surface area contributed by atoms with Crippen LogP contribution in [0.5, 0.6) is 0 Å². The molecule has 4 nitrogen and oxygen atoms in total. The summed E-state index contributed by atoms with van der Waals surface area (Å²) < 4.78 is 5.81. The SMILES string of the molecule is Cc1ccc(C23C[C@@H]4C[C@@H](CC(C(=O)OCC(=O)NC(c5ccccc5)c5ccccc5)(C4)C2)C3)cc1. The fraction of sp³-hybridized carbons (Fsp3) is 0.394. The van der Waals surface area contributed by atoms with Crippen LogP contribution < -0.4 is 5.32 Å². The molecular weight excluding hydrogens is 458 g/mol. The molecule has 4 saturated carbocycles. The molecule has 0 spiro atoms. The Morgan fingerprint density at radius 1 is 0.838 bits per heavy atom. The second-order valence-corrected chi connectivity index (χ2v) is 11.8. The number of aryl methyl sites for hydroxylation is 1. The van der Waals surface area contributed by atoms with Crippen molar-refractivity contribution in [2.45, 2.75) is 56.9 Å². The summed E-state index contributed by atoms with van der Waals surface area (Å²) in [6.45, 7) is 1.87. The molecule has 37 heavy (non-hydrogen) atoms. The molecule has 190 valence electrons. The van der Waals surface area contributed by atoms with Gasteiger partial charge in [0, 0.05) is 0 Å². The number of carbonyl (C=O) groups is 2. The van der Waals surface area contributed by atoms with E-state index < -0.39 is 5.41 Å². The van der Waals surface area contributed by atoms with E-state index in [0.717, 1.165) is 43.2 Å². The van der Waals surface area contributed by atoms with Gasteiger partial charge in [0.2, 0.25) is 0 Å². The maximum Gasteiger partial charge on any atom is 0.312 e. The van der Waals surface area contributed by atoms with Gasteiger partial charge in [-0.05, 0) is 79.4 Å². The zero-order valence-electron chi connectivity index (χ0n) is 21.5. The lowest BCUT2D eigenvalue weighted by atomic mass is 9.43. The molecule has 3 aromatic rings. The summed E-state index contributed by atoms with van der Waals surface area (Å²) in [6.07, 6.45) is 6.18. The first-order valence-electron chi connectivity index (χ1n) is 13.6. The first-order chi connectivity index (χ1) is 17.9. The van der Waals surface area contributed by atoms with Crippen molar-refractivity contribution in [2.24, 2.45) is 17.3 Å². The van der Waals surface area contributed by atoms with E-state index in [1.165, 1.54) is 17.5 Å². The predicted octanol–water partition coefficient (Wildman–Crippen LogP) is 6.28. The Labute approximate surface area is 219 Å². The van der Waals surface area contributed by atoms with Gasteiger partial charge in [-0.2, -0.15) is 0 Å². The van der Waals surface area contributed by atoms with E-state index in [9.17, 15) is 9.59 Å². The van der Waals surface area contributed by atoms with Crippen molar-refractivity contribution < 1.29 is 14.3 Å². The van der Waals surface area contributed by atoms with Crippen LogP contribution in [0, 0.1) is 24.2 Å². The minimum absolute atomic E-state index is 0.0603. The van der Waals surface area contributed by atoms with Crippen molar-refractivity contribution >= 4 is 11.9 Å². The first-order valence-corrected chi connectivity index (χ1v) is 13.6. The van der Waals surface area contributed by atoms with Crippen molar-refractivity contribution in [3.8, 4) is 0 Å². The molecule has 1 N–H and O–H groups in total. The van der Waals surface area contributed by atoms with E-state index in [1.54, 1.807) is 0 Å². The monoisotopic (exact) mass is 493 g/mol. The number of ether oxygens (including phenoxy) is 1. The number of benzene rings is 3. The van der Waals surface area contributed by atoms with Crippen LogP contribution in [-0.2, 0) is 19.7 Å². The van der Waals surface area contributed by atoms with Gasteiger partial charge < -0.3 is 10.1 Å². The molecular formula is C33H35NO3. The van der Waals surface area contributed by atoms with Gasteiger partial charge in [0.1, 0.15) is 0 Å². The van der Waals surface area contributed by atoms with E-state index in [4.69, 9.17) is 4.74 Å². The second-order valence-electron chi connectivity index (χ2n) is 11.8. The summed E-state index contributed by atoms with van der Waals surface area (Å²) in [5.74, 6) is 0.669. The lowest BCUT2D eigenvalue weighted by molar-refractivity contribution is -0.175. The number of hydrogen-bond acceptors (Lipinski definition) is 3. The fourth-order valence-electron chi connectivity index (χ4n) is 7.88. The number of amides is 1. The Morgan fingerprint density at radius 2 is 1.41 bits per heavy atom. The van der Waals surface area contributed by atoms with Crippen molar-refractivity contribution in [1.29, 1.82) is 0 Å². The van der Waals surface area contributed by atoms with Crippen LogP contribution in [0.2, 0.25) is 0 Å². The highest BCUT2D eigenvalue weighted by molar-refractivity contribution is 5.84. The molecule has 4 heteroatoms. The Morgan fingerprint density at radius 3 is 1.97 bits per heavy atom. The van der Waals surface area contributed by atoms with Crippen molar-refractivity contribution in [3.05, 3.63) is 107 Å². The maximum atomic E-state index is 13.7. The molecule has 0 saturated heterocycles. The average molecular weight is 494 g/mol. The third-order valence-electron chi connectivity index (χ3n) is 9.06. The minimum atomic E-state index is -0.465. The van der Waals surface area contributed by atoms with Crippen molar-refractivity contribution in [1.82, 2.24) is 5.32 Å². The van der Waals surface area contributed by atoms with E-state index in [-0.39, 0.29) is 29.9 Å². The number of hydrogen-bond donors (Lipinski definition) is 1. The molecule has 0 heterocycles. The molecule has 4 aliphatic carbocycles. The van der Waals surface area contributed by atoms with Gasteiger partial charge in [-0.3, -0.25) is 9.59 Å². The highest BCUT2D eigenvalue weighted by atomic mass is 16.5. The average Bonchev–Trinajstić information content (AvgIpc) is 2.91.